The van der Waals surface area contributed by atoms with Crippen LogP contribution in [0.5, 0.6) is 0 Å². The van der Waals surface area contributed by atoms with E-state index in [0.717, 1.165) is 0 Å². The van der Waals surface area contributed by atoms with Crippen LogP contribution in [0.3, 0.4) is 0 Å². The van der Waals surface area contributed by atoms with Crippen LogP contribution in [0.2, 0.25) is 0 Å². The van der Waals surface area contributed by atoms with Gasteiger partial charge in [0.15, 0.2) is 0 Å². The first-order chi connectivity index (χ1) is 10.5. The number of imide groups is 1. The number of aliphatic carboxylic acids is 1. The van der Waals surface area contributed by atoms with E-state index in [4.69, 9.17) is 9.84 Å². The number of carbonyl (C=O) groups is 3. The molecule has 2 atom stereocenters. The number of benzene rings is 1. The van der Waals surface area contributed by atoms with Gasteiger partial charge in [-0.3, -0.25) is 19.3 Å². The second kappa shape index (κ2) is 7.02. The molecule has 0 aromatic heterocycles. The molecular formula is C15H16BrNO5. The number of fused-ring (bicyclic) bond motifs is 1. The highest BCUT2D eigenvalue weighted by Crippen LogP contribution is 2.24. The summed E-state index contributed by atoms with van der Waals surface area (Å²) in [7, 11) is 1.48. The minimum Gasteiger partial charge on any atom is -0.481 e. The monoisotopic (exact) mass is 369 g/mol. The largest absolute Gasteiger partial charge is 0.481 e. The Morgan fingerprint density at radius 2 is 1.82 bits per heavy atom. The number of ether oxygens (including phenoxy) is 1. The van der Waals surface area contributed by atoms with Crippen molar-refractivity contribution in [1.29, 1.82) is 0 Å². The third kappa shape index (κ3) is 3.36. The van der Waals surface area contributed by atoms with Gasteiger partial charge >= 0.3 is 5.97 Å². The van der Waals surface area contributed by atoms with E-state index in [9.17, 15) is 14.4 Å². The fraction of sp³-hybridized carbons (Fsp3) is 0.400. The smallest absolute Gasteiger partial charge is 0.304 e. The van der Waals surface area contributed by atoms with Gasteiger partial charge in [0.2, 0.25) is 0 Å². The van der Waals surface area contributed by atoms with E-state index < -0.39 is 12.1 Å². The van der Waals surface area contributed by atoms with Gasteiger partial charge in [-0.2, -0.15) is 0 Å². The first kappa shape index (κ1) is 16.6. The van der Waals surface area contributed by atoms with Gasteiger partial charge in [-0.15, -0.1) is 0 Å². The van der Waals surface area contributed by atoms with Gasteiger partial charge in [0, 0.05) is 13.7 Å². The van der Waals surface area contributed by atoms with Crippen LogP contribution in [-0.4, -0.2) is 52.4 Å². The maximum atomic E-state index is 12.2. The molecule has 0 radical (unpaired) electrons. The number of amides is 2. The van der Waals surface area contributed by atoms with E-state index in [0.29, 0.717) is 17.5 Å². The van der Waals surface area contributed by atoms with Crippen molar-refractivity contribution in [2.45, 2.75) is 23.8 Å². The molecule has 0 fully saturated rings. The lowest BCUT2D eigenvalue weighted by Crippen LogP contribution is -2.35. The number of nitrogens with zero attached hydrogens (tertiary/aromatic N) is 1. The van der Waals surface area contributed by atoms with Gasteiger partial charge in [-0.1, -0.05) is 28.1 Å². The number of carboxylic acids is 1. The molecular weight excluding hydrogens is 354 g/mol. The Balaban J connectivity index is 2.01. The van der Waals surface area contributed by atoms with Crippen molar-refractivity contribution in [3.05, 3.63) is 35.4 Å². The van der Waals surface area contributed by atoms with Crippen molar-refractivity contribution in [1.82, 2.24) is 4.90 Å². The van der Waals surface area contributed by atoms with Gasteiger partial charge in [0.05, 0.1) is 28.5 Å². The third-order valence-electron chi connectivity index (χ3n) is 3.59. The van der Waals surface area contributed by atoms with Crippen LogP contribution < -0.4 is 0 Å². The van der Waals surface area contributed by atoms with Crippen LogP contribution in [0.4, 0.5) is 0 Å². The highest BCUT2D eigenvalue weighted by atomic mass is 79.9. The third-order valence-corrected chi connectivity index (χ3v) is 4.50. The molecule has 0 bridgehead atoms. The Morgan fingerprint density at radius 3 is 2.27 bits per heavy atom. The van der Waals surface area contributed by atoms with Crippen molar-refractivity contribution in [3.63, 3.8) is 0 Å². The lowest BCUT2D eigenvalue weighted by molar-refractivity contribution is -0.137. The first-order valence-corrected chi connectivity index (χ1v) is 7.71. The molecule has 1 aromatic rings. The molecule has 1 aliphatic heterocycles. The Kier molecular flexibility index (Phi) is 5.31. The minimum absolute atomic E-state index is 0.0966. The Labute approximate surface area is 136 Å². The van der Waals surface area contributed by atoms with E-state index in [1.54, 1.807) is 24.3 Å². The van der Waals surface area contributed by atoms with E-state index in [1.165, 1.54) is 12.0 Å². The topological polar surface area (TPSA) is 83.9 Å². The fourth-order valence-corrected chi connectivity index (χ4v) is 3.20. The van der Waals surface area contributed by atoms with Crippen LogP contribution in [0.1, 0.15) is 33.6 Å². The molecule has 2 rings (SSSR count). The van der Waals surface area contributed by atoms with Crippen LogP contribution in [-0.2, 0) is 9.53 Å². The molecule has 1 aliphatic rings. The molecule has 7 heteroatoms. The summed E-state index contributed by atoms with van der Waals surface area (Å²) in [5.41, 5.74) is 0.810. The van der Waals surface area contributed by atoms with Crippen LogP contribution >= 0.6 is 15.9 Å². The zero-order chi connectivity index (χ0) is 16.3. The molecule has 0 spiro atoms. The molecule has 22 heavy (non-hydrogen) atoms. The quantitative estimate of drug-likeness (QED) is 0.586. The fourth-order valence-electron chi connectivity index (χ4n) is 2.44. The van der Waals surface area contributed by atoms with E-state index in [2.05, 4.69) is 15.9 Å². The normalized spacial score (nSPS) is 16.5. The predicted molar refractivity (Wildman–Crippen MR) is 82.2 cm³/mol. The molecule has 2 unspecified atom stereocenters. The molecule has 1 heterocycles. The first-order valence-electron chi connectivity index (χ1n) is 6.79. The summed E-state index contributed by atoms with van der Waals surface area (Å²) in [5.74, 6) is -1.58. The lowest BCUT2D eigenvalue weighted by Gasteiger charge is -2.22. The van der Waals surface area contributed by atoms with Crippen LogP contribution in [0, 0.1) is 0 Å². The van der Waals surface area contributed by atoms with Gasteiger partial charge in [0.1, 0.15) is 0 Å². The predicted octanol–water partition coefficient (Wildman–Crippen LogP) is 1.93. The molecule has 118 valence electrons. The molecule has 0 aliphatic carbocycles. The Hall–Kier alpha value is -1.73. The number of methoxy groups -OCH3 is 1. The van der Waals surface area contributed by atoms with Gasteiger partial charge in [-0.05, 0) is 18.6 Å². The van der Waals surface area contributed by atoms with Crippen LogP contribution in [0.15, 0.2) is 24.3 Å². The zero-order valence-corrected chi connectivity index (χ0v) is 13.6. The highest BCUT2D eigenvalue weighted by molar-refractivity contribution is 9.09. The summed E-state index contributed by atoms with van der Waals surface area (Å²) in [6.07, 6.45) is -0.133. The average Bonchev–Trinajstić information content (AvgIpc) is 2.72. The van der Waals surface area contributed by atoms with Gasteiger partial charge in [0.25, 0.3) is 11.8 Å². The van der Waals surface area contributed by atoms with Crippen molar-refractivity contribution in [2.75, 3.05) is 13.7 Å². The maximum Gasteiger partial charge on any atom is 0.304 e. The molecule has 1 aromatic carbocycles. The van der Waals surface area contributed by atoms with E-state index in [1.807, 2.05) is 0 Å². The molecule has 1 N–H and O–H groups in total. The molecule has 6 nitrogen and oxygen atoms in total. The second-order valence-electron chi connectivity index (χ2n) is 4.98. The summed E-state index contributed by atoms with van der Waals surface area (Å²) < 4.78 is 5.26. The minimum atomic E-state index is -0.940. The molecule has 2 amide bonds. The maximum absolute atomic E-state index is 12.2. The summed E-state index contributed by atoms with van der Waals surface area (Å²) in [4.78, 5) is 36.0. The summed E-state index contributed by atoms with van der Waals surface area (Å²) in [5, 5.41) is 8.81. The van der Waals surface area contributed by atoms with Crippen molar-refractivity contribution >= 4 is 33.7 Å². The Morgan fingerprint density at radius 1 is 1.27 bits per heavy atom. The lowest BCUT2D eigenvalue weighted by atomic mass is 10.1. The van der Waals surface area contributed by atoms with Gasteiger partial charge in [-0.25, -0.2) is 0 Å². The summed E-state index contributed by atoms with van der Waals surface area (Å²) in [6.45, 7) is 0.187. The van der Waals surface area contributed by atoms with E-state index in [-0.39, 0.29) is 29.6 Å². The molecule has 0 saturated carbocycles. The highest BCUT2D eigenvalue weighted by Gasteiger charge is 2.35. The van der Waals surface area contributed by atoms with Crippen molar-refractivity contribution < 1.29 is 24.2 Å². The molecule has 0 saturated heterocycles. The standard InChI is InChI=1S/C15H16BrNO5/c1-22-12(11(16)8-13(18)19)6-7-17-14(20)9-4-2-3-5-10(9)15(17)21/h2-5,11-12H,6-8H2,1H3,(H,18,19). The SMILES string of the molecule is COC(CCN1C(=O)c2ccccc2C1=O)C(Br)CC(=O)O. The Bertz CT molecular complexity index is 568. The zero-order valence-electron chi connectivity index (χ0n) is 12.0. The second-order valence-corrected chi connectivity index (χ2v) is 6.16. The van der Waals surface area contributed by atoms with Crippen molar-refractivity contribution in [2.24, 2.45) is 0 Å². The number of alkyl halides is 1. The van der Waals surface area contributed by atoms with Crippen LogP contribution in [0.25, 0.3) is 0 Å². The van der Waals surface area contributed by atoms with E-state index >= 15 is 0 Å². The number of halogens is 1. The number of hydrogen-bond acceptors (Lipinski definition) is 4. The van der Waals surface area contributed by atoms with Crippen molar-refractivity contribution in [3.8, 4) is 0 Å². The average molecular weight is 370 g/mol. The van der Waals surface area contributed by atoms with Gasteiger partial charge < -0.3 is 9.84 Å². The summed E-state index contributed by atoms with van der Waals surface area (Å²) in [6, 6.07) is 6.68. The number of rotatable bonds is 7. The summed E-state index contributed by atoms with van der Waals surface area (Å²) >= 11 is 3.28. The number of hydrogen-bond donors (Lipinski definition) is 1. The number of carbonyl (C=O) groups excluding carboxylic acids is 2. The number of carboxylic acid groups (broad SMARTS) is 1.